The van der Waals surface area contributed by atoms with Crippen molar-refractivity contribution in [1.29, 1.82) is 0 Å². The van der Waals surface area contributed by atoms with Crippen molar-refractivity contribution in [2.75, 3.05) is 18.8 Å². The van der Waals surface area contributed by atoms with Crippen molar-refractivity contribution in [1.82, 2.24) is 4.90 Å². The topological polar surface area (TPSA) is 57.6 Å². The molecule has 2 rings (SSSR count). The molecule has 0 bridgehead atoms. The molecule has 1 heterocycles. The molecule has 0 unspecified atom stereocenters. The zero-order chi connectivity index (χ0) is 15.9. The second-order valence-electron chi connectivity index (χ2n) is 5.41. The number of hydrogen-bond acceptors (Lipinski definition) is 4. The Morgan fingerprint density at radius 2 is 1.90 bits per heavy atom. The molecule has 8 heteroatoms. The van der Waals surface area contributed by atoms with Crippen molar-refractivity contribution in [2.24, 2.45) is 0 Å². The van der Waals surface area contributed by atoms with E-state index >= 15 is 0 Å². The van der Waals surface area contributed by atoms with Crippen molar-refractivity contribution in [3.8, 4) is 0 Å². The van der Waals surface area contributed by atoms with Crippen molar-refractivity contribution in [2.45, 2.75) is 30.1 Å². The van der Waals surface area contributed by atoms with Gasteiger partial charge in [0.25, 0.3) is 0 Å². The van der Waals surface area contributed by atoms with Crippen molar-refractivity contribution in [3.05, 3.63) is 29.8 Å². The van der Waals surface area contributed by atoms with Gasteiger partial charge in [-0.25, -0.2) is 8.42 Å². The lowest BCUT2D eigenvalue weighted by Gasteiger charge is -2.32. The number of rotatable bonds is 2. The highest BCUT2D eigenvalue weighted by atomic mass is 32.2. The zero-order valence-corrected chi connectivity index (χ0v) is 12.2. The van der Waals surface area contributed by atoms with Gasteiger partial charge < -0.3 is 5.11 Å². The van der Waals surface area contributed by atoms with E-state index < -0.39 is 28.2 Å². The zero-order valence-electron chi connectivity index (χ0n) is 11.4. The molecule has 118 valence electrons. The molecule has 1 aliphatic heterocycles. The maximum atomic E-state index is 12.7. The van der Waals surface area contributed by atoms with E-state index in [-0.39, 0.29) is 23.7 Å². The molecule has 0 saturated heterocycles. The van der Waals surface area contributed by atoms with Gasteiger partial charge >= 0.3 is 6.18 Å². The van der Waals surface area contributed by atoms with Crippen LogP contribution < -0.4 is 0 Å². The molecular weight excluding hydrogens is 307 g/mol. The molecule has 1 aliphatic rings. The fourth-order valence-corrected chi connectivity index (χ4v) is 3.81. The molecule has 0 spiro atoms. The van der Waals surface area contributed by atoms with Crippen LogP contribution in [-0.2, 0) is 16.4 Å². The van der Waals surface area contributed by atoms with Crippen LogP contribution in [0.3, 0.4) is 0 Å². The first kappa shape index (κ1) is 16.3. The van der Waals surface area contributed by atoms with Gasteiger partial charge in [0.15, 0.2) is 15.4 Å². The number of aliphatic hydroxyl groups is 1. The standard InChI is InChI=1S/C13H16F3NO3S/c1-12(18,13(14,15)16)9-17-6-7-21(19,20)11-5-3-2-4-10(11)8-17/h2-5,18H,6-9H2,1H3/t12-/m1/s1. The molecule has 0 aliphatic carbocycles. The van der Waals surface area contributed by atoms with Crippen LogP contribution in [0.1, 0.15) is 12.5 Å². The van der Waals surface area contributed by atoms with Crippen LogP contribution in [0.25, 0.3) is 0 Å². The summed E-state index contributed by atoms with van der Waals surface area (Å²) in [6.07, 6.45) is -4.77. The van der Waals surface area contributed by atoms with E-state index in [4.69, 9.17) is 0 Å². The number of β-amino-alcohol motifs (C(OH)–C–C–N with tert-alkyl or cyclic N) is 1. The van der Waals surface area contributed by atoms with Crippen LogP contribution in [0.5, 0.6) is 0 Å². The smallest absolute Gasteiger partial charge is 0.380 e. The average Bonchev–Trinajstić information content (AvgIpc) is 2.46. The summed E-state index contributed by atoms with van der Waals surface area (Å²) in [7, 11) is -3.51. The van der Waals surface area contributed by atoms with E-state index in [9.17, 15) is 26.7 Å². The number of fused-ring (bicyclic) bond motifs is 1. The summed E-state index contributed by atoms with van der Waals surface area (Å²) in [6, 6.07) is 6.25. The molecule has 4 nitrogen and oxygen atoms in total. The van der Waals surface area contributed by atoms with E-state index in [1.54, 1.807) is 18.2 Å². The highest BCUT2D eigenvalue weighted by molar-refractivity contribution is 7.91. The van der Waals surface area contributed by atoms with E-state index in [0.717, 1.165) is 0 Å². The van der Waals surface area contributed by atoms with Gasteiger partial charge in [-0.3, -0.25) is 4.90 Å². The largest absolute Gasteiger partial charge is 0.418 e. The third-order valence-electron chi connectivity index (χ3n) is 3.52. The van der Waals surface area contributed by atoms with Crippen molar-refractivity contribution < 1.29 is 26.7 Å². The van der Waals surface area contributed by atoms with Crippen LogP contribution in [0, 0.1) is 0 Å². The summed E-state index contributed by atoms with van der Waals surface area (Å²) >= 11 is 0. The third-order valence-corrected chi connectivity index (χ3v) is 5.31. The van der Waals surface area contributed by atoms with Gasteiger partial charge in [0.05, 0.1) is 10.6 Å². The number of sulfone groups is 1. The van der Waals surface area contributed by atoms with E-state index in [2.05, 4.69) is 0 Å². The molecule has 0 radical (unpaired) electrons. The molecule has 0 aromatic heterocycles. The Morgan fingerprint density at radius 1 is 1.29 bits per heavy atom. The van der Waals surface area contributed by atoms with Gasteiger partial charge in [-0.15, -0.1) is 0 Å². The maximum absolute atomic E-state index is 12.7. The second-order valence-corrected chi connectivity index (χ2v) is 7.49. The Balaban J connectivity index is 2.28. The summed E-state index contributed by atoms with van der Waals surface area (Å²) in [5.74, 6) is -0.266. The predicted octanol–water partition coefficient (Wildman–Crippen LogP) is 1.59. The normalized spacial score (nSPS) is 22.1. The summed E-state index contributed by atoms with van der Waals surface area (Å²) in [6.45, 7) is 0.0313. The predicted molar refractivity (Wildman–Crippen MR) is 70.5 cm³/mol. The summed E-state index contributed by atoms with van der Waals surface area (Å²) in [5.41, 5.74) is -2.43. The molecule has 1 N–H and O–H groups in total. The van der Waals surface area contributed by atoms with E-state index in [1.807, 2.05) is 0 Å². The Bertz CT molecular complexity index is 626. The summed E-state index contributed by atoms with van der Waals surface area (Å²) in [4.78, 5) is 1.47. The number of halogens is 3. The van der Waals surface area contributed by atoms with Gasteiger partial charge in [0.2, 0.25) is 0 Å². The number of hydrogen-bond donors (Lipinski definition) is 1. The minimum atomic E-state index is -4.77. The Labute approximate surface area is 121 Å². The van der Waals surface area contributed by atoms with Crippen molar-refractivity contribution >= 4 is 9.84 Å². The molecule has 0 fully saturated rings. The van der Waals surface area contributed by atoms with Gasteiger partial charge in [-0.1, -0.05) is 18.2 Å². The number of benzene rings is 1. The molecule has 1 atom stereocenters. The van der Waals surface area contributed by atoms with Gasteiger partial charge in [-0.2, -0.15) is 13.2 Å². The molecule has 1 aromatic rings. The van der Waals surface area contributed by atoms with Crippen LogP contribution in [0.15, 0.2) is 29.2 Å². The number of alkyl halides is 3. The summed E-state index contributed by atoms with van der Waals surface area (Å²) < 4.78 is 62.4. The first-order valence-corrected chi connectivity index (χ1v) is 8.00. The Hall–Kier alpha value is -1.12. The first-order chi connectivity index (χ1) is 9.53. The minimum absolute atomic E-state index is 0.0523. The monoisotopic (exact) mass is 323 g/mol. The van der Waals surface area contributed by atoms with Crippen LogP contribution >= 0.6 is 0 Å². The molecule has 0 amide bonds. The maximum Gasteiger partial charge on any atom is 0.418 e. The highest BCUT2D eigenvalue weighted by Gasteiger charge is 2.50. The summed E-state index contributed by atoms with van der Waals surface area (Å²) in [5, 5.41) is 9.56. The van der Waals surface area contributed by atoms with E-state index in [0.29, 0.717) is 12.5 Å². The first-order valence-electron chi connectivity index (χ1n) is 6.35. The fourth-order valence-electron chi connectivity index (χ4n) is 2.28. The van der Waals surface area contributed by atoms with Crippen molar-refractivity contribution in [3.63, 3.8) is 0 Å². The quantitative estimate of drug-likeness (QED) is 0.898. The minimum Gasteiger partial charge on any atom is -0.380 e. The molecule has 1 aromatic carbocycles. The lowest BCUT2D eigenvalue weighted by molar-refractivity contribution is -0.257. The number of nitrogens with zero attached hydrogens (tertiary/aromatic N) is 1. The lowest BCUT2D eigenvalue weighted by atomic mass is 10.1. The van der Waals surface area contributed by atoms with Gasteiger partial charge in [0, 0.05) is 19.6 Å². The van der Waals surface area contributed by atoms with Crippen LogP contribution in [-0.4, -0.2) is 49.0 Å². The highest BCUT2D eigenvalue weighted by Crippen LogP contribution is 2.32. The van der Waals surface area contributed by atoms with Gasteiger partial charge in [0.1, 0.15) is 0 Å². The second kappa shape index (κ2) is 5.26. The SMILES string of the molecule is C[C@@](O)(CN1CCS(=O)(=O)c2ccccc2C1)C(F)(F)F. The molecule has 0 saturated carbocycles. The Kier molecular flexibility index (Phi) is 4.07. The van der Waals surface area contributed by atoms with Crippen LogP contribution in [0.4, 0.5) is 13.2 Å². The molecular formula is C13H16F3NO3S. The lowest BCUT2D eigenvalue weighted by Crippen LogP contribution is -2.51. The third kappa shape index (κ3) is 3.38. The van der Waals surface area contributed by atoms with Crippen LogP contribution in [0.2, 0.25) is 0 Å². The van der Waals surface area contributed by atoms with Gasteiger partial charge in [-0.05, 0) is 18.6 Å². The van der Waals surface area contributed by atoms with E-state index in [1.165, 1.54) is 11.0 Å². The Morgan fingerprint density at radius 3 is 2.52 bits per heavy atom. The fraction of sp³-hybridized carbons (Fsp3) is 0.538. The molecule has 21 heavy (non-hydrogen) atoms. The average molecular weight is 323 g/mol.